The van der Waals surface area contributed by atoms with Gasteiger partial charge in [-0.1, -0.05) is 6.92 Å². The van der Waals surface area contributed by atoms with Gasteiger partial charge in [0.25, 0.3) is 0 Å². The van der Waals surface area contributed by atoms with E-state index in [1.807, 2.05) is 0 Å². The Morgan fingerprint density at radius 1 is 1.42 bits per heavy atom. The topological polar surface area (TPSA) is 23.5 Å². The summed E-state index contributed by atoms with van der Waals surface area (Å²) >= 11 is 0. The van der Waals surface area contributed by atoms with Gasteiger partial charge < -0.3 is 10.0 Å². The third-order valence-corrected chi connectivity index (χ3v) is 3.24. The van der Waals surface area contributed by atoms with E-state index >= 15 is 0 Å². The molecule has 70 valence electrons. The van der Waals surface area contributed by atoms with Gasteiger partial charge >= 0.3 is 0 Å². The maximum absolute atomic E-state index is 9.31. The predicted octanol–water partition coefficient (Wildman–Crippen LogP) is 1.10. The predicted molar refractivity (Wildman–Crippen MR) is 49.0 cm³/mol. The summed E-state index contributed by atoms with van der Waals surface area (Å²) in [4.78, 5) is 2.42. The van der Waals surface area contributed by atoms with E-state index in [0.29, 0.717) is 0 Å². The van der Waals surface area contributed by atoms with Crippen LogP contribution in [0, 0.1) is 11.8 Å². The van der Waals surface area contributed by atoms with Gasteiger partial charge in [0.15, 0.2) is 0 Å². The normalized spacial score (nSPS) is 43.0. The standard InChI is InChI=1S/C10H19NO/c1-8-4-9(5-8)6-11-3-2-10(12)7-11/h8-10,12H,2-7H2,1H3. The van der Waals surface area contributed by atoms with Crippen molar-refractivity contribution in [2.24, 2.45) is 11.8 Å². The Morgan fingerprint density at radius 2 is 2.17 bits per heavy atom. The van der Waals surface area contributed by atoms with Crippen molar-refractivity contribution in [2.75, 3.05) is 19.6 Å². The van der Waals surface area contributed by atoms with Crippen molar-refractivity contribution in [3.05, 3.63) is 0 Å². The van der Waals surface area contributed by atoms with Gasteiger partial charge in [-0.3, -0.25) is 0 Å². The van der Waals surface area contributed by atoms with Crippen LogP contribution in [0.5, 0.6) is 0 Å². The third-order valence-electron chi connectivity index (χ3n) is 3.24. The van der Waals surface area contributed by atoms with E-state index in [-0.39, 0.29) is 6.10 Å². The van der Waals surface area contributed by atoms with Crippen LogP contribution >= 0.6 is 0 Å². The molecule has 1 aliphatic carbocycles. The van der Waals surface area contributed by atoms with E-state index in [1.54, 1.807) is 0 Å². The molecule has 2 rings (SSSR count). The second-order valence-electron chi connectivity index (χ2n) is 4.64. The number of nitrogens with zero attached hydrogens (tertiary/aromatic N) is 1. The molecule has 1 saturated carbocycles. The van der Waals surface area contributed by atoms with Crippen molar-refractivity contribution in [2.45, 2.75) is 32.3 Å². The molecule has 0 aromatic rings. The smallest absolute Gasteiger partial charge is 0.0679 e. The van der Waals surface area contributed by atoms with Crippen LogP contribution in [0.1, 0.15) is 26.2 Å². The summed E-state index contributed by atoms with van der Waals surface area (Å²) in [5.41, 5.74) is 0. The molecule has 2 nitrogen and oxygen atoms in total. The van der Waals surface area contributed by atoms with Crippen LogP contribution < -0.4 is 0 Å². The summed E-state index contributed by atoms with van der Waals surface area (Å²) in [6, 6.07) is 0. The van der Waals surface area contributed by atoms with E-state index in [9.17, 15) is 5.11 Å². The van der Waals surface area contributed by atoms with Crippen LogP contribution in [-0.4, -0.2) is 35.7 Å². The minimum Gasteiger partial charge on any atom is -0.392 e. The van der Waals surface area contributed by atoms with Crippen LogP contribution in [0.3, 0.4) is 0 Å². The van der Waals surface area contributed by atoms with Gasteiger partial charge in [-0.15, -0.1) is 0 Å². The molecule has 0 spiro atoms. The van der Waals surface area contributed by atoms with Crippen molar-refractivity contribution in [1.82, 2.24) is 4.90 Å². The largest absolute Gasteiger partial charge is 0.392 e. The second kappa shape index (κ2) is 3.35. The zero-order valence-corrected chi connectivity index (χ0v) is 7.87. The molecule has 0 radical (unpaired) electrons. The molecule has 0 aromatic heterocycles. The summed E-state index contributed by atoms with van der Waals surface area (Å²) in [5.74, 6) is 1.90. The van der Waals surface area contributed by atoms with Crippen molar-refractivity contribution in [1.29, 1.82) is 0 Å². The number of aliphatic hydroxyl groups excluding tert-OH is 1. The number of likely N-dealkylation sites (tertiary alicyclic amines) is 1. The highest BCUT2D eigenvalue weighted by Gasteiger charge is 2.29. The van der Waals surface area contributed by atoms with Crippen molar-refractivity contribution in [3.63, 3.8) is 0 Å². The Bertz CT molecular complexity index is 154. The van der Waals surface area contributed by atoms with E-state index in [2.05, 4.69) is 11.8 Å². The van der Waals surface area contributed by atoms with Crippen molar-refractivity contribution in [3.8, 4) is 0 Å². The Kier molecular flexibility index (Phi) is 2.37. The van der Waals surface area contributed by atoms with E-state index in [1.165, 1.54) is 19.4 Å². The number of hydrogen-bond acceptors (Lipinski definition) is 2. The molecular formula is C10H19NO. The summed E-state index contributed by atoms with van der Waals surface area (Å²) < 4.78 is 0. The highest BCUT2D eigenvalue weighted by atomic mass is 16.3. The first-order valence-corrected chi connectivity index (χ1v) is 5.14. The summed E-state index contributed by atoms with van der Waals surface area (Å²) in [6.07, 6.45) is 3.77. The molecular weight excluding hydrogens is 150 g/mol. The van der Waals surface area contributed by atoms with Gasteiger partial charge in [-0.2, -0.15) is 0 Å². The minimum atomic E-state index is -0.0394. The lowest BCUT2D eigenvalue weighted by Crippen LogP contribution is -2.34. The molecule has 2 fully saturated rings. The maximum Gasteiger partial charge on any atom is 0.0679 e. The van der Waals surface area contributed by atoms with Crippen molar-refractivity contribution >= 4 is 0 Å². The van der Waals surface area contributed by atoms with Gasteiger partial charge in [0.05, 0.1) is 6.10 Å². The quantitative estimate of drug-likeness (QED) is 0.669. The maximum atomic E-state index is 9.31. The summed E-state index contributed by atoms with van der Waals surface area (Å²) in [5, 5.41) is 9.31. The van der Waals surface area contributed by atoms with Gasteiger partial charge in [0.1, 0.15) is 0 Å². The molecule has 1 saturated heterocycles. The van der Waals surface area contributed by atoms with Gasteiger partial charge in [-0.05, 0) is 31.1 Å². The SMILES string of the molecule is CC1CC(CN2CCC(O)C2)C1. The van der Waals surface area contributed by atoms with Gasteiger partial charge in [-0.25, -0.2) is 0 Å². The molecule has 0 aromatic carbocycles. The van der Waals surface area contributed by atoms with E-state index in [4.69, 9.17) is 0 Å². The van der Waals surface area contributed by atoms with Crippen molar-refractivity contribution < 1.29 is 5.11 Å². The molecule has 1 aliphatic heterocycles. The van der Waals surface area contributed by atoms with E-state index < -0.39 is 0 Å². The van der Waals surface area contributed by atoms with Crippen LogP contribution in [0.15, 0.2) is 0 Å². The Morgan fingerprint density at radius 3 is 2.67 bits per heavy atom. The average molecular weight is 169 g/mol. The fourth-order valence-electron chi connectivity index (χ4n) is 2.56. The number of rotatable bonds is 2. The van der Waals surface area contributed by atoms with E-state index in [0.717, 1.165) is 31.3 Å². The fourth-order valence-corrected chi connectivity index (χ4v) is 2.56. The molecule has 2 aliphatic rings. The first-order valence-electron chi connectivity index (χ1n) is 5.14. The fraction of sp³-hybridized carbons (Fsp3) is 1.00. The minimum absolute atomic E-state index is 0.0394. The Balaban J connectivity index is 1.67. The molecule has 1 heterocycles. The Hall–Kier alpha value is -0.0800. The molecule has 1 unspecified atom stereocenters. The number of aliphatic hydroxyl groups is 1. The van der Waals surface area contributed by atoms with Crippen LogP contribution in [-0.2, 0) is 0 Å². The lowest BCUT2D eigenvalue weighted by atomic mass is 9.76. The monoisotopic (exact) mass is 169 g/mol. The second-order valence-corrected chi connectivity index (χ2v) is 4.64. The molecule has 0 amide bonds. The lowest BCUT2D eigenvalue weighted by molar-refractivity contribution is 0.130. The molecule has 2 heteroatoms. The first kappa shape index (κ1) is 8.52. The first-order chi connectivity index (χ1) is 5.74. The third kappa shape index (κ3) is 1.80. The van der Waals surface area contributed by atoms with Crippen LogP contribution in [0.25, 0.3) is 0 Å². The average Bonchev–Trinajstić information content (AvgIpc) is 2.33. The highest BCUT2D eigenvalue weighted by Crippen LogP contribution is 2.34. The molecule has 1 N–H and O–H groups in total. The number of β-amino-alcohol motifs (C(OH)–C–C–N with tert-alkyl or cyclic N) is 1. The Labute approximate surface area is 74.6 Å². The van der Waals surface area contributed by atoms with Crippen LogP contribution in [0.4, 0.5) is 0 Å². The lowest BCUT2D eigenvalue weighted by Gasteiger charge is -2.35. The summed E-state index contributed by atoms with van der Waals surface area (Å²) in [7, 11) is 0. The van der Waals surface area contributed by atoms with Gasteiger partial charge in [0.2, 0.25) is 0 Å². The molecule has 1 atom stereocenters. The molecule has 12 heavy (non-hydrogen) atoms. The van der Waals surface area contributed by atoms with Gasteiger partial charge in [0, 0.05) is 19.6 Å². The highest BCUT2D eigenvalue weighted by molar-refractivity contribution is 4.82. The zero-order chi connectivity index (χ0) is 8.55. The van der Waals surface area contributed by atoms with Crippen LogP contribution in [0.2, 0.25) is 0 Å². The molecule has 0 bridgehead atoms. The summed E-state index contributed by atoms with van der Waals surface area (Å²) in [6.45, 7) is 5.60. The number of hydrogen-bond donors (Lipinski definition) is 1. The zero-order valence-electron chi connectivity index (χ0n) is 7.87.